The number of rotatable bonds is 9. The van der Waals surface area contributed by atoms with E-state index in [2.05, 4.69) is 6.92 Å². The van der Waals surface area contributed by atoms with Gasteiger partial charge in [-0.2, -0.15) is 0 Å². The molecule has 0 fully saturated rings. The van der Waals surface area contributed by atoms with Gasteiger partial charge in [-0.3, -0.25) is 4.79 Å². The predicted octanol–water partition coefficient (Wildman–Crippen LogP) is 5.98. The molecule has 0 heterocycles. The van der Waals surface area contributed by atoms with E-state index in [9.17, 15) is 9.59 Å². The van der Waals surface area contributed by atoms with Crippen molar-refractivity contribution in [1.82, 2.24) is 0 Å². The second-order valence-electron chi connectivity index (χ2n) is 5.75. The summed E-state index contributed by atoms with van der Waals surface area (Å²) in [5, 5.41) is 0.386. The standard InChI is InChI=1S/C20H20Cl2O4/c1-2-3-4-5-10-25-17-8-6-14(7-9-17)20(24)26-19-15(13-23)11-16(21)12-18(19)22/h6-9,11-13H,2-5,10H2,1H3. The van der Waals surface area contributed by atoms with Gasteiger partial charge in [-0.1, -0.05) is 49.4 Å². The third-order valence-corrected chi connectivity index (χ3v) is 4.21. The Morgan fingerprint density at radius 2 is 1.81 bits per heavy atom. The Balaban J connectivity index is 1.99. The van der Waals surface area contributed by atoms with Crippen LogP contribution < -0.4 is 9.47 Å². The fourth-order valence-electron chi connectivity index (χ4n) is 2.33. The van der Waals surface area contributed by atoms with Crippen LogP contribution in [0.4, 0.5) is 0 Å². The van der Waals surface area contributed by atoms with E-state index in [0.29, 0.717) is 24.2 Å². The molecule has 0 unspecified atom stereocenters. The van der Waals surface area contributed by atoms with Crippen molar-refractivity contribution in [3.8, 4) is 11.5 Å². The molecule has 6 heteroatoms. The number of aldehydes is 1. The van der Waals surface area contributed by atoms with Crippen molar-refractivity contribution in [1.29, 1.82) is 0 Å². The molecule has 0 aliphatic rings. The Hall–Kier alpha value is -2.04. The highest BCUT2D eigenvalue weighted by Gasteiger charge is 2.16. The molecule has 0 amide bonds. The fourth-order valence-corrected chi connectivity index (χ4v) is 2.88. The third kappa shape index (κ3) is 5.75. The maximum absolute atomic E-state index is 12.3. The first-order valence-corrected chi connectivity index (χ1v) is 9.20. The van der Waals surface area contributed by atoms with Gasteiger partial charge in [0.25, 0.3) is 0 Å². The van der Waals surface area contributed by atoms with E-state index in [-0.39, 0.29) is 21.4 Å². The van der Waals surface area contributed by atoms with Crippen LogP contribution in [0.5, 0.6) is 11.5 Å². The third-order valence-electron chi connectivity index (χ3n) is 3.72. The van der Waals surface area contributed by atoms with Crippen molar-refractivity contribution in [2.45, 2.75) is 32.6 Å². The summed E-state index contributed by atoms with van der Waals surface area (Å²) in [5.41, 5.74) is 0.439. The van der Waals surface area contributed by atoms with Crippen LogP contribution in [0.2, 0.25) is 10.0 Å². The molecule has 0 N–H and O–H groups in total. The maximum atomic E-state index is 12.3. The number of unbranched alkanes of at least 4 members (excludes halogenated alkanes) is 3. The van der Waals surface area contributed by atoms with Crippen LogP contribution in [0.3, 0.4) is 0 Å². The lowest BCUT2D eigenvalue weighted by molar-refractivity contribution is 0.0733. The molecule has 2 aromatic rings. The lowest BCUT2D eigenvalue weighted by Gasteiger charge is -2.10. The Morgan fingerprint density at radius 3 is 2.46 bits per heavy atom. The highest BCUT2D eigenvalue weighted by molar-refractivity contribution is 6.36. The number of carbonyl (C=O) groups is 2. The van der Waals surface area contributed by atoms with Gasteiger partial charge in [0, 0.05) is 5.02 Å². The summed E-state index contributed by atoms with van der Waals surface area (Å²) in [6.45, 7) is 2.81. The average molecular weight is 395 g/mol. The molecule has 26 heavy (non-hydrogen) atoms. The molecule has 0 bridgehead atoms. The van der Waals surface area contributed by atoms with Crippen molar-refractivity contribution in [2.75, 3.05) is 6.61 Å². The first kappa shape index (κ1) is 20.3. The van der Waals surface area contributed by atoms with Crippen LogP contribution in [-0.4, -0.2) is 18.9 Å². The quantitative estimate of drug-likeness (QED) is 0.227. The normalized spacial score (nSPS) is 10.4. The van der Waals surface area contributed by atoms with E-state index in [1.54, 1.807) is 24.3 Å². The Kier molecular flexibility index (Phi) is 7.95. The number of hydrogen-bond donors (Lipinski definition) is 0. The molecule has 4 nitrogen and oxygen atoms in total. The van der Waals surface area contributed by atoms with Gasteiger partial charge in [0.05, 0.1) is 22.8 Å². The minimum absolute atomic E-state index is 0.00711. The summed E-state index contributed by atoms with van der Waals surface area (Å²) < 4.78 is 10.9. The summed E-state index contributed by atoms with van der Waals surface area (Å²) in [4.78, 5) is 23.4. The second-order valence-corrected chi connectivity index (χ2v) is 6.59. The molecule has 0 aromatic heterocycles. The molecule has 2 aromatic carbocycles. The summed E-state index contributed by atoms with van der Waals surface area (Å²) in [5.74, 6) is 0.0651. The largest absolute Gasteiger partial charge is 0.494 e. The topological polar surface area (TPSA) is 52.6 Å². The summed E-state index contributed by atoms with van der Waals surface area (Å²) in [6.07, 6.45) is 5.06. The van der Waals surface area contributed by atoms with E-state index < -0.39 is 5.97 Å². The van der Waals surface area contributed by atoms with Gasteiger partial charge in [0.2, 0.25) is 0 Å². The highest BCUT2D eigenvalue weighted by Crippen LogP contribution is 2.32. The lowest BCUT2D eigenvalue weighted by Crippen LogP contribution is -2.10. The Morgan fingerprint density at radius 1 is 1.08 bits per heavy atom. The molecular weight excluding hydrogens is 375 g/mol. The molecule has 138 valence electrons. The molecule has 0 spiro atoms. The summed E-state index contributed by atoms with van der Waals surface area (Å²) in [6, 6.07) is 9.43. The molecule has 0 radical (unpaired) electrons. The van der Waals surface area contributed by atoms with Gasteiger partial charge >= 0.3 is 5.97 Å². The van der Waals surface area contributed by atoms with E-state index in [0.717, 1.165) is 12.8 Å². The van der Waals surface area contributed by atoms with Gasteiger partial charge in [-0.25, -0.2) is 4.79 Å². The molecule has 0 aliphatic carbocycles. The van der Waals surface area contributed by atoms with E-state index in [4.69, 9.17) is 32.7 Å². The molecule has 2 rings (SSSR count). The SMILES string of the molecule is CCCCCCOc1ccc(C(=O)Oc2c(Cl)cc(Cl)cc2C=O)cc1. The van der Waals surface area contributed by atoms with Crippen molar-refractivity contribution in [3.05, 3.63) is 57.6 Å². The van der Waals surface area contributed by atoms with Gasteiger partial charge in [-0.05, 0) is 42.8 Å². The van der Waals surface area contributed by atoms with Crippen LogP contribution in [0.1, 0.15) is 53.3 Å². The van der Waals surface area contributed by atoms with E-state index >= 15 is 0 Å². The average Bonchev–Trinajstić information content (AvgIpc) is 2.64. The van der Waals surface area contributed by atoms with Gasteiger partial charge in [0.15, 0.2) is 12.0 Å². The lowest BCUT2D eigenvalue weighted by atomic mass is 10.2. The number of carbonyl (C=O) groups excluding carboxylic acids is 2. The van der Waals surface area contributed by atoms with Crippen molar-refractivity contribution < 1.29 is 19.1 Å². The molecule has 0 atom stereocenters. The van der Waals surface area contributed by atoms with Gasteiger partial charge in [-0.15, -0.1) is 0 Å². The fraction of sp³-hybridized carbons (Fsp3) is 0.300. The first-order chi connectivity index (χ1) is 12.5. The maximum Gasteiger partial charge on any atom is 0.343 e. The minimum atomic E-state index is -0.619. The predicted molar refractivity (Wildman–Crippen MR) is 103 cm³/mol. The number of benzene rings is 2. The van der Waals surface area contributed by atoms with Crippen molar-refractivity contribution in [2.24, 2.45) is 0 Å². The molecule has 0 aliphatic heterocycles. The summed E-state index contributed by atoms with van der Waals surface area (Å²) in [7, 11) is 0. The highest BCUT2D eigenvalue weighted by atomic mass is 35.5. The zero-order valence-electron chi connectivity index (χ0n) is 14.5. The summed E-state index contributed by atoms with van der Waals surface area (Å²) >= 11 is 11.9. The van der Waals surface area contributed by atoms with Crippen molar-refractivity contribution in [3.63, 3.8) is 0 Å². The number of hydrogen-bond acceptors (Lipinski definition) is 4. The molecule has 0 saturated heterocycles. The van der Waals surface area contributed by atoms with Gasteiger partial charge in [0.1, 0.15) is 5.75 Å². The Labute approximate surface area is 163 Å². The van der Waals surface area contributed by atoms with Crippen LogP contribution >= 0.6 is 23.2 Å². The smallest absolute Gasteiger partial charge is 0.343 e. The Bertz CT molecular complexity index is 757. The second kappa shape index (κ2) is 10.2. The zero-order valence-corrected chi connectivity index (χ0v) is 16.0. The monoisotopic (exact) mass is 394 g/mol. The minimum Gasteiger partial charge on any atom is -0.494 e. The number of ether oxygens (including phenoxy) is 2. The van der Waals surface area contributed by atoms with Crippen LogP contribution in [0, 0.1) is 0 Å². The zero-order chi connectivity index (χ0) is 18.9. The number of halogens is 2. The van der Waals surface area contributed by atoms with Crippen molar-refractivity contribution >= 4 is 35.5 Å². The van der Waals surface area contributed by atoms with Gasteiger partial charge < -0.3 is 9.47 Å². The number of esters is 1. The van der Waals surface area contributed by atoms with Crippen LogP contribution in [0.25, 0.3) is 0 Å². The van der Waals surface area contributed by atoms with Crippen LogP contribution in [0.15, 0.2) is 36.4 Å². The molecular formula is C20H20Cl2O4. The van der Waals surface area contributed by atoms with E-state index in [1.807, 2.05) is 0 Å². The molecule has 0 saturated carbocycles. The van der Waals surface area contributed by atoms with Crippen LogP contribution in [-0.2, 0) is 0 Å². The first-order valence-electron chi connectivity index (χ1n) is 8.44. The van der Waals surface area contributed by atoms with E-state index in [1.165, 1.54) is 25.0 Å².